The fourth-order valence-corrected chi connectivity index (χ4v) is 5.45. The molecule has 0 saturated heterocycles. The zero-order chi connectivity index (χ0) is 19.0. The smallest absolute Gasteiger partial charge is 0.266 e. The number of rotatable bonds is 13. The average molecular weight is 387 g/mol. The van der Waals surface area contributed by atoms with Crippen LogP contribution in [0, 0.1) is 11.8 Å². The molecule has 146 valence electrons. The second-order valence-corrected chi connectivity index (χ2v) is 10.3. The van der Waals surface area contributed by atoms with E-state index in [1.807, 2.05) is 41.5 Å². The minimum Gasteiger partial charge on any atom is -0.266 e. The lowest BCUT2D eigenvalue weighted by molar-refractivity contribution is 0.145. The third kappa shape index (κ3) is 9.96. The Kier molecular flexibility index (Phi) is 10.7. The second kappa shape index (κ2) is 10.7. The molecule has 6 nitrogen and oxygen atoms in total. The lowest BCUT2D eigenvalue weighted by Crippen LogP contribution is -2.30. The van der Waals surface area contributed by atoms with Gasteiger partial charge < -0.3 is 0 Å². The molecular formula is C16H34O6S2. The van der Waals surface area contributed by atoms with Crippen LogP contribution in [0.1, 0.15) is 67.2 Å². The zero-order valence-electron chi connectivity index (χ0n) is 15.8. The lowest BCUT2D eigenvalue weighted by atomic mass is 10.0. The SMILES string of the molecule is CCCC(OS(=O)(=O)CCS(=O)(=O)OC(CCC)C(C)C)C(C)C. The molecule has 0 aromatic heterocycles. The summed E-state index contributed by atoms with van der Waals surface area (Å²) in [5, 5.41) is 0. The summed E-state index contributed by atoms with van der Waals surface area (Å²) in [6.07, 6.45) is 1.98. The van der Waals surface area contributed by atoms with Crippen LogP contribution in [0.15, 0.2) is 0 Å². The Balaban J connectivity index is 4.78. The van der Waals surface area contributed by atoms with Crippen LogP contribution in [0.5, 0.6) is 0 Å². The van der Waals surface area contributed by atoms with E-state index in [0.29, 0.717) is 12.8 Å². The quantitative estimate of drug-likeness (QED) is 0.451. The maximum absolute atomic E-state index is 12.1. The van der Waals surface area contributed by atoms with Crippen molar-refractivity contribution < 1.29 is 25.2 Å². The molecule has 0 radical (unpaired) electrons. The molecule has 0 fully saturated rings. The monoisotopic (exact) mass is 386 g/mol. The van der Waals surface area contributed by atoms with E-state index in [-0.39, 0.29) is 11.8 Å². The summed E-state index contributed by atoms with van der Waals surface area (Å²) in [5.74, 6) is -1.08. The van der Waals surface area contributed by atoms with Crippen LogP contribution in [-0.2, 0) is 28.6 Å². The van der Waals surface area contributed by atoms with Crippen LogP contribution in [0.25, 0.3) is 0 Å². The maximum Gasteiger partial charge on any atom is 0.268 e. The largest absolute Gasteiger partial charge is 0.268 e. The van der Waals surface area contributed by atoms with Crippen LogP contribution in [0.2, 0.25) is 0 Å². The minimum absolute atomic E-state index is 0.0439. The van der Waals surface area contributed by atoms with E-state index >= 15 is 0 Å². The molecule has 0 spiro atoms. The third-order valence-corrected chi connectivity index (χ3v) is 6.50. The Labute approximate surface area is 148 Å². The standard InChI is InChI=1S/C16H34O6S2/c1-7-9-15(13(3)4)21-23(17,18)11-12-24(19,20)22-16(10-8-2)14(5)6/h13-16H,7-12H2,1-6H3. The van der Waals surface area contributed by atoms with Crippen molar-refractivity contribution in [2.45, 2.75) is 79.4 Å². The molecule has 0 aliphatic heterocycles. The van der Waals surface area contributed by atoms with E-state index < -0.39 is 43.9 Å². The summed E-state index contributed by atoms with van der Waals surface area (Å²) in [5.41, 5.74) is 0. The van der Waals surface area contributed by atoms with Crippen molar-refractivity contribution in [3.63, 3.8) is 0 Å². The van der Waals surface area contributed by atoms with Crippen molar-refractivity contribution >= 4 is 20.2 Å². The molecular weight excluding hydrogens is 352 g/mol. The average Bonchev–Trinajstić information content (AvgIpc) is 2.44. The fourth-order valence-electron chi connectivity index (χ4n) is 2.23. The molecule has 0 aromatic carbocycles. The molecule has 2 atom stereocenters. The Hall–Kier alpha value is -0.180. The summed E-state index contributed by atoms with van der Waals surface area (Å²) < 4.78 is 58.7. The molecule has 0 rings (SSSR count). The Bertz CT molecular complexity index is 487. The summed E-state index contributed by atoms with van der Waals surface area (Å²) in [6, 6.07) is 0. The van der Waals surface area contributed by atoms with Crippen LogP contribution in [0.3, 0.4) is 0 Å². The first-order chi connectivity index (χ1) is 10.9. The summed E-state index contributed by atoms with van der Waals surface area (Å²) in [4.78, 5) is 0. The predicted molar refractivity (Wildman–Crippen MR) is 96.8 cm³/mol. The third-order valence-electron chi connectivity index (χ3n) is 3.76. The number of hydrogen-bond acceptors (Lipinski definition) is 6. The van der Waals surface area contributed by atoms with Crippen LogP contribution < -0.4 is 0 Å². The summed E-state index contributed by atoms with van der Waals surface area (Å²) in [6.45, 7) is 11.4. The van der Waals surface area contributed by atoms with Crippen LogP contribution in [-0.4, -0.2) is 40.5 Å². The van der Waals surface area contributed by atoms with Crippen molar-refractivity contribution in [2.24, 2.45) is 11.8 Å². The lowest BCUT2D eigenvalue weighted by Gasteiger charge is -2.21. The first-order valence-corrected chi connectivity index (χ1v) is 11.9. The van der Waals surface area contributed by atoms with Gasteiger partial charge in [-0.25, -0.2) is 0 Å². The van der Waals surface area contributed by atoms with Gasteiger partial charge in [-0.2, -0.15) is 16.8 Å². The molecule has 2 unspecified atom stereocenters. The van der Waals surface area contributed by atoms with Gasteiger partial charge in [0.05, 0.1) is 23.7 Å². The molecule has 0 aliphatic rings. The zero-order valence-corrected chi connectivity index (χ0v) is 17.5. The van der Waals surface area contributed by atoms with Gasteiger partial charge in [-0.1, -0.05) is 54.4 Å². The van der Waals surface area contributed by atoms with E-state index in [1.54, 1.807) is 0 Å². The molecule has 0 aliphatic carbocycles. The van der Waals surface area contributed by atoms with Crippen molar-refractivity contribution in [3.8, 4) is 0 Å². The van der Waals surface area contributed by atoms with Gasteiger partial charge >= 0.3 is 0 Å². The minimum atomic E-state index is -3.91. The van der Waals surface area contributed by atoms with Gasteiger partial charge in [0.25, 0.3) is 20.2 Å². The van der Waals surface area contributed by atoms with E-state index in [9.17, 15) is 16.8 Å². The van der Waals surface area contributed by atoms with E-state index in [0.717, 1.165) is 12.8 Å². The van der Waals surface area contributed by atoms with Crippen molar-refractivity contribution in [1.82, 2.24) is 0 Å². The van der Waals surface area contributed by atoms with Gasteiger partial charge in [0.1, 0.15) is 0 Å². The maximum atomic E-state index is 12.1. The molecule has 0 saturated carbocycles. The van der Waals surface area contributed by atoms with Crippen molar-refractivity contribution in [1.29, 1.82) is 0 Å². The fraction of sp³-hybridized carbons (Fsp3) is 1.00. The number of hydrogen-bond donors (Lipinski definition) is 0. The molecule has 24 heavy (non-hydrogen) atoms. The van der Waals surface area contributed by atoms with Gasteiger partial charge in [-0.15, -0.1) is 0 Å². The highest BCUT2D eigenvalue weighted by Gasteiger charge is 2.27. The highest BCUT2D eigenvalue weighted by Crippen LogP contribution is 2.18. The summed E-state index contributed by atoms with van der Waals surface area (Å²) in [7, 11) is -7.82. The van der Waals surface area contributed by atoms with Gasteiger partial charge in [0, 0.05) is 0 Å². The van der Waals surface area contributed by atoms with E-state index in [2.05, 4.69) is 0 Å². The molecule has 0 amide bonds. The Morgan fingerprint density at radius 2 is 0.958 bits per heavy atom. The predicted octanol–water partition coefficient (Wildman–Crippen LogP) is 3.33. The highest BCUT2D eigenvalue weighted by atomic mass is 32.2. The summed E-state index contributed by atoms with van der Waals surface area (Å²) >= 11 is 0. The molecule has 0 bridgehead atoms. The van der Waals surface area contributed by atoms with Crippen LogP contribution >= 0.6 is 0 Å². The van der Waals surface area contributed by atoms with E-state index in [4.69, 9.17) is 8.37 Å². The van der Waals surface area contributed by atoms with Crippen molar-refractivity contribution in [3.05, 3.63) is 0 Å². The highest BCUT2D eigenvalue weighted by molar-refractivity contribution is 7.90. The molecule has 8 heteroatoms. The molecule has 0 heterocycles. The topological polar surface area (TPSA) is 86.7 Å². The normalized spacial score (nSPS) is 15.8. The first-order valence-electron chi connectivity index (χ1n) is 8.76. The molecule has 0 N–H and O–H groups in total. The second-order valence-electron chi connectivity index (χ2n) is 6.86. The van der Waals surface area contributed by atoms with Crippen LogP contribution in [0.4, 0.5) is 0 Å². The van der Waals surface area contributed by atoms with Crippen molar-refractivity contribution in [2.75, 3.05) is 11.5 Å². The first kappa shape index (κ1) is 23.8. The Morgan fingerprint density at radius 1 is 0.667 bits per heavy atom. The van der Waals surface area contributed by atoms with E-state index in [1.165, 1.54) is 0 Å². The van der Waals surface area contributed by atoms with Gasteiger partial charge in [0.2, 0.25) is 0 Å². The van der Waals surface area contributed by atoms with Gasteiger partial charge in [0.15, 0.2) is 0 Å². The Morgan fingerprint density at radius 3 is 1.17 bits per heavy atom. The van der Waals surface area contributed by atoms with Gasteiger partial charge in [-0.05, 0) is 24.7 Å². The molecule has 0 aromatic rings. The van der Waals surface area contributed by atoms with Gasteiger partial charge in [-0.3, -0.25) is 8.37 Å².